The summed E-state index contributed by atoms with van der Waals surface area (Å²) in [6, 6.07) is 3.09. The number of hydrogen-bond donors (Lipinski definition) is 2. The average molecular weight is 341 g/mol. The van der Waals surface area contributed by atoms with Crippen molar-refractivity contribution in [3.8, 4) is 0 Å². The summed E-state index contributed by atoms with van der Waals surface area (Å²) in [6.07, 6.45) is 1.76. The molecule has 2 spiro atoms. The molecule has 1 atom stereocenters. The van der Waals surface area contributed by atoms with Crippen LogP contribution in [-0.4, -0.2) is 32.4 Å². The fraction of sp³-hybridized carbons (Fsp3) is 0.562. The first-order valence-electron chi connectivity index (χ1n) is 7.81. The topological polar surface area (TPSA) is 59.6 Å². The summed E-state index contributed by atoms with van der Waals surface area (Å²) in [6.45, 7) is 2.55. The molecule has 3 aliphatic rings. The van der Waals surface area contributed by atoms with Gasteiger partial charge in [-0.05, 0) is 30.4 Å². The Kier molecular flexibility index (Phi) is 3.51. The molecule has 4 rings (SSSR count). The van der Waals surface area contributed by atoms with Crippen LogP contribution in [0, 0.1) is 11.2 Å². The van der Waals surface area contributed by atoms with Crippen molar-refractivity contribution in [3.05, 3.63) is 28.5 Å². The number of nitrogens with one attached hydrogen (secondary N) is 2. The van der Waals surface area contributed by atoms with Crippen LogP contribution in [0.25, 0.3) is 0 Å². The van der Waals surface area contributed by atoms with Crippen molar-refractivity contribution in [3.63, 3.8) is 0 Å². The highest BCUT2D eigenvalue weighted by molar-refractivity contribution is 6.31. The highest BCUT2D eigenvalue weighted by Crippen LogP contribution is 2.50. The van der Waals surface area contributed by atoms with E-state index in [-0.39, 0.29) is 10.4 Å². The van der Waals surface area contributed by atoms with Crippen molar-refractivity contribution >= 4 is 23.4 Å². The van der Waals surface area contributed by atoms with Crippen molar-refractivity contribution in [2.24, 2.45) is 5.41 Å². The zero-order chi connectivity index (χ0) is 16.1. The second kappa shape index (κ2) is 5.33. The lowest BCUT2D eigenvalue weighted by atomic mass is 9.67. The maximum atomic E-state index is 14.8. The van der Waals surface area contributed by atoms with Gasteiger partial charge in [0.1, 0.15) is 0 Å². The molecule has 0 bridgehead atoms. The van der Waals surface area contributed by atoms with Gasteiger partial charge in [0, 0.05) is 32.7 Å². The first-order valence-corrected chi connectivity index (χ1v) is 8.18. The third-order valence-corrected chi connectivity index (χ3v) is 5.49. The van der Waals surface area contributed by atoms with E-state index in [4.69, 9.17) is 21.1 Å². The molecular weight excluding hydrogens is 323 g/mol. The third-order valence-electron chi connectivity index (χ3n) is 5.20. The van der Waals surface area contributed by atoms with Crippen LogP contribution in [0.15, 0.2) is 12.1 Å². The number of amides is 1. The van der Waals surface area contributed by atoms with Gasteiger partial charge in [-0.2, -0.15) is 0 Å². The lowest BCUT2D eigenvalue weighted by Crippen LogP contribution is -2.58. The molecule has 23 heavy (non-hydrogen) atoms. The van der Waals surface area contributed by atoms with Gasteiger partial charge in [0.2, 0.25) is 0 Å². The van der Waals surface area contributed by atoms with E-state index in [0.29, 0.717) is 37.4 Å². The van der Waals surface area contributed by atoms with Gasteiger partial charge in [0.15, 0.2) is 11.4 Å². The van der Waals surface area contributed by atoms with Gasteiger partial charge in [-0.25, -0.2) is 9.18 Å². The van der Waals surface area contributed by atoms with E-state index in [1.165, 1.54) is 6.07 Å². The number of hydrogen-bond acceptors (Lipinski definition) is 4. The molecule has 0 aliphatic carbocycles. The molecule has 124 valence electrons. The molecule has 7 heteroatoms. The quantitative estimate of drug-likeness (QED) is 0.762. The minimum Gasteiger partial charge on any atom is -0.436 e. The second-order valence-electron chi connectivity index (χ2n) is 6.69. The predicted octanol–water partition coefficient (Wildman–Crippen LogP) is 3.03. The number of halogens is 2. The molecule has 3 heterocycles. The van der Waals surface area contributed by atoms with Crippen LogP contribution >= 0.6 is 11.6 Å². The first kappa shape index (κ1) is 15.2. The summed E-state index contributed by atoms with van der Waals surface area (Å²) in [4.78, 5) is 12.0. The zero-order valence-electron chi connectivity index (χ0n) is 12.6. The molecule has 2 N–H and O–H groups in total. The minimum absolute atomic E-state index is 0.0366. The van der Waals surface area contributed by atoms with Crippen LogP contribution in [0.4, 0.5) is 14.9 Å². The highest BCUT2D eigenvalue weighted by Gasteiger charge is 2.53. The Morgan fingerprint density at radius 3 is 2.78 bits per heavy atom. The van der Waals surface area contributed by atoms with Crippen molar-refractivity contribution in [2.45, 2.75) is 24.9 Å². The summed E-state index contributed by atoms with van der Waals surface area (Å²) in [5.41, 5.74) is -0.292. The van der Waals surface area contributed by atoms with E-state index >= 15 is 0 Å². The normalized spacial score (nSPS) is 29.0. The number of carbonyl (C=O) groups excluding carboxylic acids is 1. The van der Waals surface area contributed by atoms with Crippen molar-refractivity contribution in [2.75, 3.05) is 31.6 Å². The third kappa shape index (κ3) is 2.40. The molecule has 0 radical (unpaired) electrons. The first-order chi connectivity index (χ1) is 11.0. The molecule has 1 amide bonds. The fourth-order valence-corrected chi connectivity index (χ4v) is 4.29. The van der Waals surface area contributed by atoms with E-state index in [9.17, 15) is 9.18 Å². The predicted molar refractivity (Wildman–Crippen MR) is 83.2 cm³/mol. The number of piperidine rings is 1. The van der Waals surface area contributed by atoms with Crippen LogP contribution in [-0.2, 0) is 15.1 Å². The monoisotopic (exact) mass is 340 g/mol. The van der Waals surface area contributed by atoms with Crippen LogP contribution in [0.3, 0.4) is 0 Å². The Morgan fingerprint density at radius 1 is 1.22 bits per heavy atom. The average Bonchev–Trinajstić information content (AvgIpc) is 2.51. The highest BCUT2D eigenvalue weighted by atomic mass is 35.5. The van der Waals surface area contributed by atoms with E-state index in [0.717, 1.165) is 19.4 Å². The molecule has 1 aromatic rings. The number of fused-ring (bicyclic) bond motifs is 2. The van der Waals surface area contributed by atoms with E-state index in [1.807, 2.05) is 0 Å². The van der Waals surface area contributed by atoms with Gasteiger partial charge in [0.05, 0.1) is 16.3 Å². The Labute approximate surface area is 138 Å². The molecule has 3 aliphatic heterocycles. The lowest BCUT2D eigenvalue weighted by Gasteiger charge is -2.50. The van der Waals surface area contributed by atoms with Crippen LogP contribution in [0.2, 0.25) is 5.02 Å². The standard InChI is InChI=1S/C16H18ClFN2O3/c17-10-1-2-11-12(13(10)18)16(23-14(21)20-11)7-15(8-19-9-16)3-5-22-6-4-15/h1-2,19H,3-9H2,(H,20,21)/t16-/m1/s1. The molecule has 2 fully saturated rings. The van der Waals surface area contributed by atoms with Crippen LogP contribution in [0.5, 0.6) is 0 Å². The molecule has 1 aromatic carbocycles. The van der Waals surface area contributed by atoms with E-state index in [2.05, 4.69) is 10.6 Å². The maximum Gasteiger partial charge on any atom is 0.412 e. The Morgan fingerprint density at radius 2 is 2.00 bits per heavy atom. The molecule has 0 unspecified atom stereocenters. The van der Waals surface area contributed by atoms with Crippen molar-refractivity contribution < 1.29 is 18.7 Å². The summed E-state index contributed by atoms with van der Waals surface area (Å²) in [5.74, 6) is -0.518. The van der Waals surface area contributed by atoms with E-state index < -0.39 is 17.5 Å². The largest absolute Gasteiger partial charge is 0.436 e. The van der Waals surface area contributed by atoms with Crippen LogP contribution in [0.1, 0.15) is 24.8 Å². The number of carbonyl (C=O) groups is 1. The number of ether oxygens (including phenoxy) is 2. The summed E-state index contributed by atoms with van der Waals surface area (Å²) < 4.78 is 25.9. The molecule has 5 nitrogen and oxygen atoms in total. The van der Waals surface area contributed by atoms with Crippen LogP contribution < -0.4 is 10.6 Å². The van der Waals surface area contributed by atoms with Gasteiger partial charge in [-0.1, -0.05) is 11.6 Å². The van der Waals surface area contributed by atoms with Gasteiger partial charge in [0.25, 0.3) is 0 Å². The zero-order valence-corrected chi connectivity index (χ0v) is 13.3. The Balaban J connectivity index is 1.81. The molecule has 2 saturated heterocycles. The second-order valence-corrected chi connectivity index (χ2v) is 7.09. The molecular formula is C16H18ClFN2O3. The van der Waals surface area contributed by atoms with Gasteiger partial charge in [-0.15, -0.1) is 0 Å². The Bertz CT molecular complexity index is 657. The minimum atomic E-state index is -1.03. The number of rotatable bonds is 0. The van der Waals surface area contributed by atoms with Gasteiger partial charge >= 0.3 is 6.09 Å². The van der Waals surface area contributed by atoms with E-state index in [1.54, 1.807) is 6.07 Å². The smallest absolute Gasteiger partial charge is 0.412 e. The fourth-order valence-electron chi connectivity index (χ4n) is 4.13. The SMILES string of the molecule is O=C1Nc2ccc(Cl)c(F)c2[C@@]2(CNCC3(CCOCC3)C2)O1. The maximum absolute atomic E-state index is 14.8. The number of benzene rings is 1. The summed E-state index contributed by atoms with van der Waals surface area (Å²) in [7, 11) is 0. The summed E-state index contributed by atoms with van der Waals surface area (Å²) in [5, 5.41) is 5.96. The number of anilines is 1. The van der Waals surface area contributed by atoms with Crippen molar-refractivity contribution in [1.82, 2.24) is 5.32 Å². The molecule has 0 saturated carbocycles. The molecule has 0 aromatic heterocycles. The lowest BCUT2D eigenvalue weighted by molar-refractivity contribution is -0.0865. The van der Waals surface area contributed by atoms with Crippen molar-refractivity contribution in [1.29, 1.82) is 0 Å². The summed E-state index contributed by atoms with van der Waals surface area (Å²) >= 11 is 5.98. The van der Waals surface area contributed by atoms with Gasteiger partial charge in [-0.3, -0.25) is 5.32 Å². The van der Waals surface area contributed by atoms with Gasteiger partial charge < -0.3 is 14.8 Å². The Hall–Kier alpha value is -1.37.